The molecule has 1 rings (SSSR count). The molecule has 2 nitrogen and oxygen atoms in total. The van der Waals surface area contributed by atoms with Crippen LogP contribution in [0.25, 0.3) is 0 Å². The molecule has 0 aliphatic rings. The molecule has 3 heteroatoms. The van der Waals surface area contributed by atoms with Crippen molar-refractivity contribution in [1.29, 1.82) is 0 Å². The molecule has 0 amide bonds. The van der Waals surface area contributed by atoms with Crippen LogP contribution >= 0.6 is 7.14 Å². The zero-order chi connectivity index (χ0) is 10.4. The van der Waals surface area contributed by atoms with Gasteiger partial charge in [0.05, 0.1) is 7.14 Å². The Labute approximate surface area is 86.1 Å². The van der Waals surface area contributed by atoms with Gasteiger partial charge in [0, 0.05) is 18.1 Å². The van der Waals surface area contributed by atoms with Crippen LogP contribution in [0, 0.1) is 0 Å². The van der Waals surface area contributed by atoms with Crippen LogP contribution in [0.1, 0.15) is 19.5 Å². The van der Waals surface area contributed by atoms with E-state index in [0.717, 1.165) is 30.6 Å². The molecular weight excluding hydrogens is 193 g/mol. The van der Waals surface area contributed by atoms with E-state index >= 15 is 0 Å². The largest absolute Gasteiger partial charge is 0.324 e. The number of hydrogen-bond acceptors (Lipinski definition) is 2. The predicted octanol–water partition coefficient (Wildman–Crippen LogP) is 3.03. The first kappa shape index (κ1) is 11.5. The van der Waals surface area contributed by atoms with Gasteiger partial charge in [0.15, 0.2) is 0 Å². The average molecular weight is 211 g/mol. The van der Waals surface area contributed by atoms with Gasteiger partial charge in [0.25, 0.3) is 0 Å². The zero-order valence-corrected chi connectivity index (χ0v) is 9.83. The Kier molecular flexibility index (Phi) is 4.34. The van der Waals surface area contributed by atoms with Crippen molar-refractivity contribution in [3.05, 3.63) is 30.1 Å². The van der Waals surface area contributed by atoms with Gasteiger partial charge in [-0.2, -0.15) is 0 Å². The Morgan fingerprint density at radius 1 is 1.29 bits per heavy atom. The van der Waals surface area contributed by atoms with Crippen molar-refractivity contribution in [3.63, 3.8) is 0 Å². The van der Waals surface area contributed by atoms with E-state index in [1.54, 1.807) is 6.20 Å². The highest BCUT2D eigenvalue weighted by Gasteiger charge is 2.16. The summed E-state index contributed by atoms with van der Waals surface area (Å²) in [5.41, 5.74) is 1.05. The molecule has 1 aromatic heterocycles. The molecule has 0 aliphatic heterocycles. The van der Waals surface area contributed by atoms with Crippen molar-refractivity contribution in [3.8, 4) is 0 Å². The smallest absolute Gasteiger partial charge is 0.0876 e. The Bertz CT molecular complexity index is 302. The summed E-state index contributed by atoms with van der Waals surface area (Å²) in [4.78, 5) is 4.23. The second-order valence-corrected chi connectivity index (χ2v) is 7.31. The lowest BCUT2D eigenvalue weighted by molar-refractivity contribution is 0.575. The van der Waals surface area contributed by atoms with E-state index in [1.165, 1.54) is 0 Å². The lowest BCUT2D eigenvalue weighted by atomic mass is 10.3. The fraction of sp³-hybridized carbons (Fsp3) is 0.545. The van der Waals surface area contributed by atoms with Crippen LogP contribution in [0.2, 0.25) is 0 Å². The van der Waals surface area contributed by atoms with Gasteiger partial charge in [-0.05, 0) is 30.9 Å². The summed E-state index contributed by atoms with van der Waals surface area (Å²) in [6.07, 6.45) is 5.07. The molecule has 1 aromatic rings. The van der Waals surface area contributed by atoms with Crippen LogP contribution in [0.5, 0.6) is 0 Å². The van der Waals surface area contributed by atoms with Crippen LogP contribution < -0.4 is 0 Å². The first-order valence-electron chi connectivity index (χ1n) is 5.17. The van der Waals surface area contributed by atoms with Gasteiger partial charge in [-0.25, -0.2) is 0 Å². The van der Waals surface area contributed by atoms with Gasteiger partial charge in [0.1, 0.15) is 0 Å². The summed E-state index contributed by atoms with van der Waals surface area (Å²) in [7, 11) is -1.89. The van der Waals surface area contributed by atoms with E-state index < -0.39 is 7.14 Å². The number of aromatic nitrogens is 1. The fourth-order valence-corrected chi connectivity index (χ4v) is 3.12. The summed E-state index contributed by atoms with van der Waals surface area (Å²) in [6, 6.07) is 5.88. The summed E-state index contributed by atoms with van der Waals surface area (Å²) in [5, 5.41) is 0. The monoisotopic (exact) mass is 211 g/mol. The molecule has 0 aromatic carbocycles. The Hall–Kier alpha value is -0.620. The molecule has 0 saturated carbocycles. The maximum absolute atomic E-state index is 12.1. The summed E-state index contributed by atoms with van der Waals surface area (Å²) in [6.45, 7) is 4.03. The number of rotatable bonds is 5. The highest BCUT2D eigenvalue weighted by atomic mass is 31.2. The molecule has 0 fully saturated rings. The molecule has 0 spiro atoms. The zero-order valence-electron chi connectivity index (χ0n) is 8.94. The van der Waals surface area contributed by atoms with Gasteiger partial charge >= 0.3 is 0 Å². The van der Waals surface area contributed by atoms with E-state index in [0.29, 0.717) is 0 Å². The van der Waals surface area contributed by atoms with Crippen LogP contribution in [0.3, 0.4) is 0 Å². The Balaban J connectivity index is 2.52. The molecule has 0 atom stereocenters. The van der Waals surface area contributed by atoms with Crippen molar-refractivity contribution >= 4 is 7.14 Å². The third-order valence-electron chi connectivity index (χ3n) is 2.65. The Morgan fingerprint density at radius 3 is 2.50 bits per heavy atom. The molecule has 0 unspecified atom stereocenters. The number of pyridine rings is 1. The van der Waals surface area contributed by atoms with Gasteiger partial charge in [-0.1, -0.05) is 19.9 Å². The molecule has 0 bridgehead atoms. The minimum absolute atomic E-state index is 0.803. The normalized spacial score (nSPS) is 11.6. The molecule has 0 N–H and O–H groups in total. The predicted molar refractivity (Wildman–Crippen MR) is 61.5 cm³/mol. The first-order valence-corrected chi connectivity index (χ1v) is 7.43. The average Bonchev–Trinajstić information content (AvgIpc) is 2.27. The number of aryl methyl sites for hydroxylation is 1. The van der Waals surface area contributed by atoms with E-state index in [9.17, 15) is 4.57 Å². The van der Waals surface area contributed by atoms with Crippen LogP contribution in [0.15, 0.2) is 24.4 Å². The summed E-state index contributed by atoms with van der Waals surface area (Å²) < 4.78 is 12.1. The van der Waals surface area contributed by atoms with Gasteiger partial charge in [0.2, 0.25) is 0 Å². The topological polar surface area (TPSA) is 30.0 Å². The van der Waals surface area contributed by atoms with Crippen LogP contribution in [-0.2, 0) is 11.0 Å². The van der Waals surface area contributed by atoms with E-state index in [4.69, 9.17) is 0 Å². The summed E-state index contributed by atoms with van der Waals surface area (Å²) in [5.74, 6) is 0. The van der Waals surface area contributed by atoms with Crippen molar-refractivity contribution in [2.24, 2.45) is 0 Å². The van der Waals surface area contributed by atoms with Gasteiger partial charge in [-0.15, -0.1) is 0 Å². The van der Waals surface area contributed by atoms with Gasteiger partial charge < -0.3 is 4.57 Å². The van der Waals surface area contributed by atoms with Crippen molar-refractivity contribution in [1.82, 2.24) is 4.98 Å². The third-order valence-corrected chi connectivity index (χ3v) is 6.00. The molecular formula is C11H18NOP. The van der Waals surface area contributed by atoms with Crippen molar-refractivity contribution in [2.45, 2.75) is 20.3 Å². The molecule has 0 saturated heterocycles. The van der Waals surface area contributed by atoms with Gasteiger partial charge in [-0.3, -0.25) is 4.98 Å². The number of hydrogen-bond donors (Lipinski definition) is 0. The minimum Gasteiger partial charge on any atom is -0.324 e. The second-order valence-electron chi connectivity index (χ2n) is 3.49. The van der Waals surface area contributed by atoms with E-state index in [2.05, 4.69) is 4.98 Å². The SMILES string of the molecule is CCP(=O)(CC)CCc1ccccn1. The maximum Gasteiger partial charge on any atom is 0.0876 e. The number of nitrogens with zero attached hydrogens (tertiary/aromatic N) is 1. The van der Waals surface area contributed by atoms with E-state index in [-0.39, 0.29) is 0 Å². The minimum atomic E-state index is -1.89. The van der Waals surface area contributed by atoms with Crippen LogP contribution in [-0.4, -0.2) is 23.5 Å². The third kappa shape index (κ3) is 3.26. The molecule has 0 aliphatic carbocycles. The van der Waals surface area contributed by atoms with Crippen molar-refractivity contribution < 1.29 is 4.57 Å². The standard InChI is InChI=1S/C11H18NOP/c1-3-14(13,4-2)10-8-11-7-5-6-9-12-11/h5-7,9H,3-4,8,10H2,1-2H3. The first-order chi connectivity index (χ1) is 6.70. The lowest BCUT2D eigenvalue weighted by Crippen LogP contribution is -2.00. The fourth-order valence-electron chi connectivity index (χ4n) is 1.40. The van der Waals surface area contributed by atoms with Crippen molar-refractivity contribution in [2.75, 3.05) is 18.5 Å². The quantitative estimate of drug-likeness (QED) is 0.701. The summed E-state index contributed by atoms with van der Waals surface area (Å²) >= 11 is 0. The molecule has 1 heterocycles. The maximum atomic E-state index is 12.1. The molecule has 14 heavy (non-hydrogen) atoms. The molecule has 0 radical (unpaired) electrons. The van der Waals surface area contributed by atoms with E-state index in [1.807, 2.05) is 32.0 Å². The Morgan fingerprint density at radius 2 is 2.00 bits per heavy atom. The highest BCUT2D eigenvalue weighted by Crippen LogP contribution is 2.44. The lowest BCUT2D eigenvalue weighted by Gasteiger charge is -2.13. The van der Waals surface area contributed by atoms with Crippen LogP contribution in [0.4, 0.5) is 0 Å². The highest BCUT2D eigenvalue weighted by molar-refractivity contribution is 7.63. The second kappa shape index (κ2) is 5.31. The molecule has 78 valence electrons.